The summed E-state index contributed by atoms with van der Waals surface area (Å²) in [6, 6.07) is 4.73. The fourth-order valence-electron chi connectivity index (χ4n) is 4.02. The molecule has 0 radical (unpaired) electrons. The van der Waals surface area contributed by atoms with Gasteiger partial charge in [-0.25, -0.2) is 9.37 Å². The largest absolute Gasteiger partial charge is 0.506 e. The summed E-state index contributed by atoms with van der Waals surface area (Å²) in [5.41, 5.74) is 0.335. The third kappa shape index (κ3) is 3.84. The van der Waals surface area contributed by atoms with E-state index in [9.17, 15) is 10.3 Å². The fraction of sp³-hybridized carbons (Fsp3) is 0.429. The van der Waals surface area contributed by atoms with Crippen LogP contribution in [0.3, 0.4) is 0 Å². The van der Waals surface area contributed by atoms with Crippen molar-refractivity contribution < 1.29 is 19.4 Å². The van der Waals surface area contributed by atoms with Crippen molar-refractivity contribution in [1.29, 1.82) is 0 Å². The molecule has 1 saturated heterocycles. The van der Waals surface area contributed by atoms with Crippen molar-refractivity contribution in [3.8, 4) is 34.1 Å². The van der Waals surface area contributed by atoms with Crippen molar-refractivity contribution in [2.75, 3.05) is 0 Å². The quantitative estimate of drug-likeness (QED) is 0.578. The minimum absolute atomic E-state index is 0.0516. The fourth-order valence-corrected chi connectivity index (χ4v) is 4.02. The molecule has 3 aromatic heterocycles. The lowest BCUT2D eigenvalue weighted by Crippen LogP contribution is -2.67. The van der Waals surface area contributed by atoms with Crippen LogP contribution < -0.4 is 4.74 Å². The van der Waals surface area contributed by atoms with Crippen molar-refractivity contribution >= 4 is 0 Å². The lowest BCUT2D eigenvalue weighted by atomic mass is 9.79. The summed E-state index contributed by atoms with van der Waals surface area (Å²) in [5.74, 6) is 0.105. The Hall–Kier alpha value is -3.11. The number of nitrogens with zero attached hydrogens (tertiary/aromatic N) is 5. The number of ether oxygens (including phenoxy) is 1. The van der Waals surface area contributed by atoms with Gasteiger partial charge in [-0.15, -0.1) is 10.2 Å². The first-order valence-corrected chi connectivity index (χ1v) is 9.92. The van der Waals surface area contributed by atoms with Gasteiger partial charge in [-0.1, -0.05) is 0 Å². The molecule has 10 heteroatoms. The predicted octanol–water partition coefficient (Wildman–Crippen LogP) is 3.37. The lowest BCUT2D eigenvalue weighted by molar-refractivity contribution is -0.276. The zero-order valence-corrected chi connectivity index (χ0v) is 17.7. The molecule has 0 saturated carbocycles. The number of aromatic nitrogens is 5. The molecule has 3 aromatic rings. The van der Waals surface area contributed by atoms with Crippen LogP contribution in [0.5, 0.6) is 11.6 Å². The average Bonchev–Trinajstić information content (AvgIpc) is 3.26. The number of rotatable bonds is 4. The molecule has 0 amide bonds. The molecule has 0 bridgehead atoms. The highest BCUT2D eigenvalue weighted by Crippen LogP contribution is 2.40. The SMILES string of the molecule is CC1(C)C[C@H](Oc2ccc(-c3ncc(-c4cn[nH]c4)cc3O)nn2)[C@H](F)C(C)(C)N1O. The molecule has 0 aliphatic carbocycles. The Labute approximate surface area is 178 Å². The monoisotopic (exact) mass is 428 g/mol. The normalized spacial score (nSPS) is 22.9. The van der Waals surface area contributed by atoms with E-state index in [0.29, 0.717) is 11.3 Å². The summed E-state index contributed by atoms with van der Waals surface area (Å²) < 4.78 is 20.8. The number of piperidine rings is 1. The average molecular weight is 428 g/mol. The number of aromatic hydroxyl groups is 1. The maximum atomic E-state index is 15.0. The number of H-pyrrole nitrogens is 1. The van der Waals surface area contributed by atoms with E-state index < -0.39 is 23.4 Å². The zero-order valence-electron chi connectivity index (χ0n) is 17.7. The van der Waals surface area contributed by atoms with Gasteiger partial charge in [0.2, 0.25) is 5.88 Å². The third-order valence-corrected chi connectivity index (χ3v) is 5.68. The summed E-state index contributed by atoms with van der Waals surface area (Å²) in [6.07, 6.45) is 2.97. The molecule has 164 valence electrons. The molecule has 2 atom stereocenters. The topological polar surface area (TPSA) is 120 Å². The minimum atomic E-state index is -1.44. The first kappa shape index (κ1) is 21.1. The van der Waals surface area contributed by atoms with Crippen LogP contribution in [-0.2, 0) is 0 Å². The molecule has 0 spiro atoms. The van der Waals surface area contributed by atoms with E-state index in [2.05, 4.69) is 25.4 Å². The van der Waals surface area contributed by atoms with Crippen LogP contribution in [0, 0.1) is 0 Å². The van der Waals surface area contributed by atoms with E-state index in [0.717, 1.165) is 10.6 Å². The molecule has 1 fully saturated rings. The zero-order chi connectivity index (χ0) is 22.4. The molecule has 4 rings (SSSR count). The Kier molecular flexibility index (Phi) is 5.14. The molecule has 3 N–H and O–H groups in total. The number of aromatic amines is 1. The van der Waals surface area contributed by atoms with Crippen molar-refractivity contribution in [3.05, 3.63) is 36.8 Å². The molecule has 4 heterocycles. The van der Waals surface area contributed by atoms with E-state index in [4.69, 9.17) is 4.74 Å². The van der Waals surface area contributed by atoms with Crippen molar-refractivity contribution in [3.63, 3.8) is 0 Å². The summed E-state index contributed by atoms with van der Waals surface area (Å²) in [4.78, 5) is 4.28. The van der Waals surface area contributed by atoms with E-state index in [1.54, 1.807) is 50.6 Å². The van der Waals surface area contributed by atoms with Gasteiger partial charge in [0.05, 0.1) is 11.7 Å². The van der Waals surface area contributed by atoms with Gasteiger partial charge in [0.15, 0.2) is 6.17 Å². The molecule has 31 heavy (non-hydrogen) atoms. The van der Waals surface area contributed by atoms with Gasteiger partial charge in [0.25, 0.3) is 0 Å². The number of halogens is 1. The maximum absolute atomic E-state index is 15.0. The van der Waals surface area contributed by atoms with Crippen molar-refractivity contribution in [1.82, 2.24) is 30.4 Å². The predicted molar refractivity (Wildman–Crippen MR) is 110 cm³/mol. The van der Waals surface area contributed by atoms with Crippen LogP contribution >= 0.6 is 0 Å². The molecule has 0 unspecified atom stereocenters. The number of alkyl halides is 1. The highest BCUT2D eigenvalue weighted by molar-refractivity contribution is 5.69. The van der Waals surface area contributed by atoms with Gasteiger partial charge in [-0.05, 0) is 39.8 Å². The van der Waals surface area contributed by atoms with Crippen molar-refractivity contribution in [2.45, 2.75) is 57.5 Å². The Morgan fingerprint density at radius 3 is 2.55 bits per heavy atom. The summed E-state index contributed by atoms with van der Waals surface area (Å²) in [6.45, 7) is 6.91. The van der Waals surface area contributed by atoms with E-state index in [1.165, 1.54) is 0 Å². The number of hydrogen-bond acceptors (Lipinski definition) is 8. The van der Waals surface area contributed by atoms with Gasteiger partial charge in [-0.3, -0.25) is 5.10 Å². The van der Waals surface area contributed by atoms with Crippen molar-refractivity contribution in [2.24, 2.45) is 0 Å². The third-order valence-electron chi connectivity index (χ3n) is 5.68. The standard InChI is InChI=1S/C21H25FN6O3/c1-20(2)8-16(19(22)21(3,4)28(20)30)31-17-6-5-14(26-27-17)18-15(29)7-12(9-23-18)13-10-24-25-11-13/h5-7,9-11,16,19,29-30H,8H2,1-4H3,(H,24,25)/t16-,19-/m0/s1. The van der Waals surface area contributed by atoms with Gasteiger partial charge in [-0.2, -0.15) is 10.2 Å². The number of hydroxylamine groups is 2. The number of nitrogens with one attached hydrogen (secondary N) is 1. The van der Waals surface area contributed by atoms with E-state index >= 15 is 4.39 Å². The second-order valence-corrected chi connectivity index (χ2v) is 8.88. The van der Waals surface area contributed by atoms with Crippen LogP contribution in [-0.4, -0.2) is 64.1 Å². The van der Waals surface area contributed by atoms with Crippen LogP contribution in [0.1, 0.15) is 34.1 Å². The molecular weight excluding hydrogens is 403 g/mol. The Bertz CT molecular complexity index is 1060. The Balaban J connectivity index is 1.52. The first-order chi connectivity index (χ1) is 14.6. The summed E-state index contributed by atoms with van der Waals surface area (Å²) in [7, 11) is 0. The number of hydrogen-bond donors (Lipinski definition) is 3. The van der Waals surface area contributed by atoms with Crippen LogP contribution in [0.15, 0.2) is 36.8 Å². The Morgan fingerprint density at radius 1 is 1.16 bits per heavy atom. The smallest absolute Gasteiger partial charge is 0.233 e. The lowest BCUT2D eigenvalue weighted by Gasteiger charge is -2.52. The molecule has 0 aromatic carbocycles. The van der Waals surface area contributed by atoms with E-state index in [-0.39, 0.29) is 23.7 Å². The second kappa shape index (κ2) is 7.54. The highest BCUT2D eigenvalue weighted by Gasteiger charge is 2.53. The Morgan fingerprint density at radius 2 is 1.94 bits per heavy atom. The summed E-state index contributed by atoms with van der Waals surface area (Å²) in [5, 5.41) is 36.5. The van der Waals surface area contributed by atoms with Gasteiger partial charge in [0, 0.05) is 41.5 Å². The minimum Gasteiger partial charge on any atom is -0.506 e. The van der Waals surface area contributed by atoms with Gasteiger partial charge in [0.1, 0.15) is 23.2 Å². The van der Waals surface area contributed by atoms with Gasteiger partial charge >= 0.3 is 0 Å². The maximum Gasteiger partial charge on any atom is 0.233 e. The second-order valence-electron chi connectivity index (χ2n) is 8.88. The van der Waals surface area contributed by atoms with Crippen LogP contribution in [0.2, 0.25) is 0 Å². The molecule has 9 nitrogen and oxygen atoms in total. The van der Waals surface area contributed by atoms with Gasteiger partial charge < -0.3 is 15.1 Å². The first-order valence-electron chi connectivity index (χ1n) is 9.92. The summed E-state index contributed by atoms with van der Waals surface area (Å²) >= 11 is 0. The highest BCUT2D eigenvalue weighted by atomic mass is 19.1. The number of pyridine rings is 1. The molecular formula is C21H25FN6O3. The van der Waals surface area contributed by atoms with E-state index in [1.807, 2.05) is 13.8 Å². The molecule has 1 aliphatic rings. The molecule has 1 aliphatic heterocycles. The van der Waals surface area contributed by atoms with Crippen LogP contribution in [0.25, 0.3) is 22.5 Å². The van der Waals surface area contributed by atoms with Crippen LogP contribution in [0.4, 0.5) is 4.39 Å².